The molecule has 0 spiro atoms. The first-order valence-electron chi connectivity index (χ1n) is 5.52. The van der Waals surface area contributed by atoms with E-state index in [1.165, 1.54) is 10.8 Å². The van der Waals surface area contributed by atoms with Gasteiger partial charge in [0.2, 0.25) is 0 Å². The Labute approximate surface area is 106 Å². The molecule has 82 valence electrons. The topological polar surface area (TPSA) is 0 Å². The van der Waals surface area contributed by atoms with Crippen molar-refractivity contribution in [2.45, 2.75) is 6.92 Å². The minimum Gasteiger partial charge on any atom is -0.0743 e. The summed E-state index contributed by atoms with van der Waals surface area (Å²) in [6.07, 6.45) is 0. The predicted octanol–water partition coefficient (Wildman–Crippen LogP) is 3.91. The SMILES string of the molecule is CCSC#CC#Cc1ccc2ccccc2c1. The quantitative estimate of drug-likeness (QED) is 0.677. The summed E-state index contributed by atoms with van der Waals surface area (Å²) in [6, 6.07) is 14.5. The van der Waals surface area contributed by atoms with Crippen LogP contribution in [0.1, 0.15) is 12.5 Å². The van der Waals surface area contributed by atoms with E-state index in [4.69, 9.17) is 0 Å². The molecule has 0 radical (unpaired) electrons. The van der Waals surface area contributed by atoms with E-state index < -0.39 is 0 Å². The lowest BCUT2D eigenvalue weighted by molar-refractivity contribution is 1.54. The van der Waals surface area contributed by atoms with Gasteiger partial charge in [-0.2, -0.15) is 0 Å². The van der Waals surface area contributed by atoms with Crippen LogP contribution in [0.3, 0.4) is 0 Å². The van der Waals surface area contributed by atoms with Crippen LogP contribution in [0.4, 0.5) is 0 Å². The van der Waals surface area contributed by atoms with Gasteiger partial charge in [0, 0.05) is 11.3 Å². The van der Waals surface area contributed by atoms with Crippen LogP contribution in [0.25, 0.3) is 10.8 Å². The molecule has 17 heavy (non-hydrogen) atoms. The van der Waals surface area contributed by atoms with Crippen molar-refractivity contribution >= 4 is 22.5 Å². The highest BCUT2D eigenvalue weighted by Crippen LogP contribution is 2.14. The Bertz CT molecular complexity index is 633. The average Bonchev–Trinajstić information content (AvgIpc) is 2.38. The minimum atomic E-state index is 1.00. The first-order valence-corrected chi connectivity index (χ1v) is 6.50. The summed E-state index contributed by atoms with van der Waals surface area (Å²) in [6.45, 7) is 2.08. The normalized spacial score (nSPS) is 9.00. The van der Waals surface area contributed by atoms with Crippen molar-refractivity contribution in [1.82, 2.24) is 0 Å². The maximum absolute atomic E-state index is 3.06. The van der Waals surface area contributed by atoms with Crippen LogP contribution in [-0.4, -0.2) is 5.75 Å². The molecule has 0 aliphatic rings. The van der Waals surface area contributed by atoms with E-state index in [1.54, 1.807) is 11.8 Å². The molecule has 0 saturated carbocycles. The maximum Gasteiger partial charge on any atom is 0.0261 e. The third kappa shape index (κ3) is 3.31. The molecule has 1 heteroatoms. The van der Waals surface area contributed by atoms with Crippen molar-refractivity contribution < 1.29 is 0 Å². The monoisotopic (exact) mass is 236 g/mol. The van der Waals surface area contributed by atoms with Gasteiger partial charge < -0.3 is 0 Å². The summed E-state index contributed by atoms with van der Waals surface area (Å²) in [5.41, 5.74) is 1.01. The molecule has 0 amide bonds. The van der Waals surface area contributed by atoms with Gasteiger partial charge >= 0.3 is 0 Å². The summed E-state index contributed by atoms with van der Waals surface area (Å²) in [7, 11) is 0. The van der Waals surface area contributed by atoms with Gasteiger partial charge in [-0.05, 0) is 40.0 Å². The van der Waals surface area contributed by atoms with E-state index in [1.807, 2.05) is 18.2 Å². The Kier molecular flexibility index (Phi) is 4.14. The van der Waals surface area contributed by atoms with Crippen molar-refractivity contribution in [3.8, 4) is 23.0 Å². The summed E-state index contributed by atoms with van der Waals surface area (Å²) >= 11 is 1.58. The number of hydrogen-bond acceptors (Lipinski definition) is 1. The standard InChI is InChI=1S/C16H12S/c1-2-17-12-6-5-7-14-10-11-15-8-3-4-9-16(15)13-14/h3-4,8-11,13H,2H2,1H3. The second kappa shape index (κ2) is 6.04. The summed E-state index contributed by atoms with van der Waals surface area (Å²) in [5, 5.41) is 5.39. The van der Waals surface area contributed by atoms with E-state index in [0.29, 0.717) is 0 Å². The number of benzene rings is 2. The fourth-order valence-electron chi connectivity index (χ4n) is 1.50. The van der Waals surface area contributed by atoms with E-state index in [9.17, 15) is 0 Å². The second-order valence-corrected chi connectivity index (χ2v) is 4.54. The van der Waals surface area contributed by atoms with Gasteiger partial charge in [0.1, 0.15) is 0 Å². The summed E-state index contributed by atoms with van der Waals surface area (Å²) < 4.78 is 0. The molecule has 0 saturated heterocycles. The molecule has 2 aromatic carbocycles. The zero-order valence-electron chi connectivity index (χ0n) is 9.66. The number of rotatable bonds is 1. The molecular weight excluding hydrogens is 224 g/mol. The molecular formula is C16H12S. The van der Waals surface area contributed by atoms with Crippen LogP contribution < -0.4 is 0 Å². The molecule has 0 aliphatic heterocycles. The number of thioether (sulfide) groups is 1. The molecule has 0 fully saturated rings. The molecule has 0 aromatic heterocycles. The molecule has 0 heterocycles. The van der Waals surface area contributed by atoms with E-state index in [2.05, 4.69) is 54.2 Å². The lowest BCUT2D eigenvalue weighted by Gasteiger charge is -1.96. The highest BCUT2D eigenvalue weighted by molar-refractivity contribution is 8.03. The Morgan fingerprint density at radius 1 is 1.00 bits per heavy atom. The summed E-state index contributed by atoms with van der Waals surface area (Å²) in [5.74, 6) is 9.77. The maximum atomic E-state index is 3.06. The van der Waals surface area contributed by atoms with Gasteiger partial charge in [-0.1, -0.05) is 54.9 Å². The van der Waals surface area contributed by atoms with Gasteiger partial charge in [0.25, 0.3) is 0 Å². The molecule has 0 unspecified atom stereocenters. The van der Waals surface area contributed by atoms with Gasteiger partial charge in [0.05, 0.1) is 0 Å². The fourth-order valence-corrected chi connectivity index (χ4v) is 1.77. The third-order valence-corrected chi connectivity index (χ3v) is 2.82. The molecule has 0 nitrogen and oxygen atoms in total. The van der Waals surface area contributed by atoms with Gasteiger partial charge in [-0.25, -0.2) is 0 Å². The predicted molar refractivity (Wildman–Crippen MR) is 76.7 cm³/mol. The lowest BCUT2D eigenvalue weighted by atomic mass is 10.1. The van der Waals surface area contributed by atoms with Crippen molar-refractivity contribution in [2.24, 2.45) is 0 Å². The number of fused-ring (bicyclic) bond motifs is 1. The fraction of sp³-hybridized carbons (Fsp3) is 0.125. The van der Waals surface area contributed by atoms with Crippen LogP contribution in [0.2, 0.25) is 0 Å². The first kappa shape index (κ1) is 11.6. The highest BCUT2D eigenvalue weighted by atomic mass is 32.2. The van der Waals surface area contributed by atoms with Crippen LogP contribution in [0.15, 0.2) is 42.5 Å². The molecule has 0 aliphatic carbocycles. The molecule has 0 N–H and O–H groups in total. The molecule has 2 aromatic rings. The number of hydrogen-bond donors (Lipinski definition) is 0. The lowest BCUT2D eigenvalue weighted by Crippen LogP contribution is -1.75. The second-order valence-electron chi connectivity index (χ2n) is 3.47. The minimum absolute atomic E-state index is 1.00. The third-order valence-electron chi connectivity index (χ3n) is 2.29. The van der Waals surface area contributed by atoms with E-state index >= 15 is 0 Å². The van der Waals surface area contributed by atoms with Crippen molar-refractivity contribution in [3.05, 3.63) is 48.0 Å². The van der Waals surface area contributed by atoms with Gasteiger partial charge in [0.15, 0.2) is 0 Å². The van der Waals surface area contributed by atoms with E-state index in [-0.39, 0.29) is 0 Å². The Morgan fingerprint density at radius 3 is 2.65 bits per heavy atom. The van der Waals surface area contributed by atoms with Gasteiger partial charge in [-0.15, -0.1) is 0 Å². The van der Waals surface area contributed by atoms with Crippen LogP contribution >= 0.6 is 11.8 Å². The van der Waals surface area contributed by atoms with Crippen LogP contribution in [-0.2, 0) is 0 Å². The largest absolute Gasteiger partial charge is 0.0743 e. The molecule has 2 rings (SSSR count). The Morgan fingerprint density at radius 2 is 1.82 bits per heavy atom. The van der Waals surface area contributed by atoms with Crippen molar-refractivity contribution in [3.63, 3.8) is 0 Å². The Hall–Kier alpha value is -1.83. The van der Waals surface area contributed by atoms with Crippen LogP contribution in [0, 0.1) is 23.0 Å². The first-order chi connectivity index (χ1) is 8.40. The zero-order chi connectivity index (χ0) is 11.9. The molecule has 0 atom stereocenters. The van der Waals surface area contributed by atoms with E-state index in [0.717, 1.165) is 11.3 Å². The summed E-state index contributed by atoms with van der Waals surface area (Å²) in [4.78, 5) is 0. The van der Waals surface area contributed by atoms with Crippen molar-refractivity contribution in [2.75, 3.05) is 5.75 Å². The average molecular weight is 236 g/mol. The molecule has 0 bridgehead atoms. The van der Waals surface area contributed by atoms with Crippen molar-refractivity contribution in [1.29, 1.82) is 0 Å². The van der Waals surface area contributed by atoms with Gasteiger partial charge in [-0.3, -0.25) is 0 Å². The highest BCUT2D eigenvalue weighted by Gasteiger charge is 1.92. The smallest absolute Gasteiger partial charge is 0.0261 e. The zero-order valence-corrected chi connectivity index (χ0v) is 10.5. The van der Waals surface area contributed by atoms with Crippen LogP contribution in [0.5, 0.6) is 0 Å². The Balaban J connectivity index is 2.23.